The van der Waals surface area contributed by atoms with Crippen LogP contribution in [0.4, 0.5) is 0 Å². The number of benzene rings is 1. The summed E-state index contributed by atoms with van der Waals surface area (Å²) < 4.78 is 71.1. The summed E-state index contributed by atoms with van der Waals surface area (Å²) >= 11 is 0. The fourth-order valence-electron chi connectivity index (χ4n) is 6.44. The number of aliphatic carboxylic acids is 1. The molecule has 2 amide bonds. The number of unbranched alkanes of at least 4 members (excludes halogenated alkanes) is 8. The first-order valence-electron chi connectivity index (χ1n) is 26.6. The molecule has 0 aliphatic carbocycles. The number of nitrogens with zero attached hydrogens (tertiary/aromatic N) is 3. The monoisotopic (exact) mass is 1070 g/mol. The van der Waals surface area contributed by atoms with E-state index in [2.05, 4.69) is 20.7 Å². The summed E-state index contributed by atoms with van der Waals surface area (Å²) in [7, 11) is 0. The molecule has 432 valence electrons. The first-order chi connectivity index (χ1) is 36.5. The first kappa shape index (κ1) is 68.8. The van der Waals surface area contributed by atoms with E-state index in [1.54, 1.807) is 24.3 Å². The van der Waals surface area contributed by atoms with Gasteiger partial charge in [-0.1, -0.05) is 50.1 Å². The number of carboxylic acids is 1. The van der Waals surface area contributed by atoms with E-state index >= 15 is 0 Å². The van der Waals surface area contributed by atoms with Crippen molar-refractivity contribution < 1.29 is 85.9 Å². The topological polar surface area (TPSA) is 281 Å². The summed E-state index contributed by atoms with van der Waals surface area (Å²) in [6.45, 7) is 16.2. The van der Waals surface area contributed by atoms with Gasteiger partial charge in [0.05, 0.1) is 158 Å². The average molecular weight is 1070 g/mol. The van der Waals surface area contributed by atoms with Crippen LogP contribution in [0.5, 0.6) is 5.75 Å². The van der Waals surface area contributed by atoms with E-state index in [-0.39, 0.29) is 50.2 Å². The summed E-state index contributed by atoms with van der Waals surface area (Å²) in [4.78, 5) is 51.2. The highest BCUT2D eigenvalue weighted by molar-refractivity contribution is 5.89. The number of azide groups is 1. The van der Waals surface area contributed by atoms with Crippen LogP contribution in [0.15, 0.2) is 29.4 Å². The van der Waals surface area contributed by atoms with Crippen LogP contribution in [-0.2, 0) is 71.2 Å². The fraction of sp³-hybridized carbons (Fsp3) is 0.808. The summed E-state index contributed by atoms with van der Waals surface area (Å²) in [5.41, 5.74) is 8.13. The molecule has 0 unspecified atom stereocenters. The lowest BCUT2D eigenvalue weighted by Gasteiger charge is -2.19. The Morgan fingerprint density at radius 2 is 0.907 bits per heavy atom. The maximum atomic E-state index is 12.4. The van der Waals surface area contributed by atoms with E-state index in [1.807, 2.05) is 20.8 Å². The lowest BCUT2D eigenvalue weighted by atomic mass is 10.1. The van der Waals surface area contributed by atoms with Crippen LogP contribution in [0.25, 0.3) is 10.4 Å². The molecule has 1 aromatic rings. The van der Waals surface area contributed by atoms with Gasteiger partial charge >= 0.3 is 11.9 Å². The van der Waals surface area contributed by atoms with Crippen molar-refractivity contribution >= 4 is 23.8 Å². The molecule has 0 aromatic heterocycles. The SMILES string of the molecule is CC(C)(C)OC(=O)c1ccc(OCCCCCCCCCCCC(=O)N[C@@H](CCC(=O)NCCOCCOCCOCCOCCOCCOCCOCCOCCOCCOCCOCCN=[N+]=[N-])C(=O)O)cc1. The Hall–Kier alpha value is -4.23. The van der Waals surface area contributed by atoms with Crippen LogP contribution in [0, 0.1) is 0 Å². The van der Waals surface area contributed by atoms with Gasteiger partial charge in [-0.05, 0) is 69.8 Å². The summed E-state index contributed by atoms with van der Waals surface area (Å²) in [6, 6.07) is 5.88. The molecule has 1 atom stereocenters. The van der Waals surface area contributed by atoms with E-state index in [1.165, 1.54) is 0 Å². The molecule has 23 heteroatoms. The van der Waals surface area contributed by atoms with Crippen molar-refractivity contribution in [1.29, 1.82) is 0 Å². The van der Waals surface area contributed by atoms with Crippen molar-refractivity contribution in [2.75, 3.05) is 165 Å². The average Bonchev–Trinajstić information content (AvgIpc) is 3.38. The fourth-order valence-corrected chi connectivity index (χ4v) is 6.44. The van der Waals surface area contributed by atoms with Crippen LogP contribution in [0.1, 0.15) is 108 Å². The van der Waals surface area contributed by atoms with E-state index in [4.69, 9.17) is 67.1 Å². The molecule has 0 saturated carbocycles. The molecule has 0 heterocycles. The van der Waals surface area contributed by atoms with Gasteiger partial charge in [0.15, 0.2) is 0 Å². The smallest absolute Gasteiger partial charge is 0.338 e. The highest BCUT2D eigenvalue weighted by Crippen LogP contribution is 2.17. The minimum atomic E-state index is -1.17. The number of ether oxygens (including phenoxy) is 13. The van der Waals surface area contributed by atoms with E-state index in [0.717, 1.165) is 57.1 Å². The van der Waals surface area contributed by atoms with Crippen LogP contribution in [0.2, 0.25) is 0 Å². The normalized spacial score (nSPS) is 11.8. The zero-order chi connectivity index (χ0) is 54.6. The van der Waals surface area contributed by atoms with Crippen molar-refractivity contribution in [3.05, 3.63) is 40.3 Å². The molecule has 23 nitrogen and oxygen atoms in total. The number of hydrogen-bond donors (Lipinski definition) is 3. The van der Waals surface area contributed by atoms with Gasteiger partial charge in [0, 0.05) is 30.8 Å². The van der Waals surface area contributed by atoms with Crippen molar-refractivity contribution in [3.8, 4) is 5.75 Å². The standard InChI is InChI=1S/C52H91N5O18/c1-52(2,3)75-51(62)45-14-16-46(17-15-45)74-22-12-10-8-6-4-5-7-9-11-13-49(59)56-47(50(60)61)18-19-48(58)54-20-23-63-25-27-65-29-31-67-33-35-69-37-39-71-41-43-73-44-42-72-40-38-70-36-34-68-32-30-66-28-26-64-24-21-55-57-53/h14-17,47H,4-13,18-44H2,1-3H3,(H,54,58)(H,56,59)(H,60,61)/t47-/m0/s1. The Kier molecular flexibility index (Phi) is 46.4. The Morgan fingerprint density at radius 3 is 1.31 bits per heavy atom. The molecular weight excluding hydrogens is 983 g/mol. The molecule has 3 N–H and O–H groups in total. The van der Waals surface area contributed by atoms with Crippen molar-refractivity contribution in [3.63, 3.8) is 0 Å². The highest BCUT2D eigenvalue weighted by Gasteiger charge is 2.21. The van der Waals surface area contributed by atoms with Gasteiger partial charge in [0.2, 0.25) is 11.8 Å². The second kappa shape index (κ2) is 50.6. The molecule has 1 rings (SSSR count). The molecule has 75 heavy (non-hydrogen) atoms. The van der Waals surface area contributed by atoms with Gasteiger partial charge in [0.1, 0.15) is 17.4 Å². The van der Waals surface area contributed by atoms with Crippen LogP contribution >= 0.6 is 0 Å². The Bertz CT molecular complexity index is 1590. The second-order valence-electron chi connectivity index (χ2n) is 17.8. The second-order valence-corrected chi connectivity index (χ2v) is 17.8. The van der Waals surface area contributed by atoms with Gasteiger partial charge in [-0.15, -0.1) is 0 Å². The van der Waals surface area contributed by atoms with Gasteiger partial charge in [-0.25, -0.2) is 9.59 Å². The third kappa shape index (κ3) is 47.9. The predicted octanol–water partition coefficient (Wildman–Crippen LogP) is 5.88. The Balaban J connectivity index is 1.81. The number of hydrogen-bond acceptors (Lipinski definition) is 18. The number of esters is 1. The number of rotatable bonds is 55. The molecule has 1 aromatic carbocycles. The number of amides is 2. The maximum absolute atomic E-state index is 12.4. The van der Waals surface area contributed by atoms with Crippen molar-refractivity contribution in [2.45, 2.75) is 109 Å². The first-order valence-corrected chi connectivity index (χ1v) is 26.6. The van der Waals surface area contributed by atoms with Gasteiger partial charge in [0.25, 0.3) is 0 Å². The third-order valence-electron chi connectivity index (χ3n) is 10.3. The number of carbonyl (C=O) groups is 4. The maximum Gasteiger partial charge on any atom is 0.338 e. The number of carbonyl (C=O) groups excluding carboxylic acids is 3. The third-order valence-corrected chi connectivity index (χ3v) is 10.3. The van der Waals surface area contributed by atoms with E-state index in [0.29, 0.717) is 164 Å². The quantitative estimate of drug-likeness (QED) is 0.0226. The molecule has 0 bridgehead atoms. The lowest BCUT2D eigenvalue weighted by molar-refractivity contribution is -0.142. The van der Waals surface area contributed by atoms with E-state index in [9.17, 15) is 24.3 Å². The van der Waals surface area contributed by atoms with E-state index < -0.39 is 17.6 Å². The number of carboxylic acid groups (broad SMARTS) is 1. The molecule has 0 radical (unpaired) electrons. The zero-order valence-corrected chi connectivity index (χ0v) is 45.3. The van der Waals surface area contributed by atoms with Crippen LogP contribution < -0.4 is 15.4 Å². The largest absolute Gasteiger partial charge is 0.494 e. The Morgan fingerprint density at radius 1 is 0.520 bits per heavy atom. The summed E-state index contributed by atoms with van der Waals surface area (Å²) in [6.07, 6.45) is 9.27. The summed E-state index contributed by atoms with van der Waals surface area (Å²) in [5.74, 6) is -1.43. The van der Waals surface area contributed by atoms with Gasteiger partial charge in [-0.2, -0.15) is 0 Å². The summed E-state index contributed by atoms with van der Waals surface area (Å²) in [5, 5.41) is 18.2. The minimum absolute atomic E-state index is 0.00636. The van der Waals surface area contributed by atoms with Crippen molar-refractivity contribution in [2.24, 2.45) is 5.11 Å². The number of nitrogens with one attached hydrogen (secondary N) is 2. The molecule has 0 fully saturated rings. The van der Waals surface area contributed by atoms with Gasteiger partial charge in [-0.3, -0.25) is 9.59 Å². The minimum Gasteiger partial charge on any atom is -0.494 e. The molecular formula is C52H91N5O18. The van der Waals surface area contributed by atoms with Crippen LogP contribution in [-0.4, -0.2) is 206 Å². The Labute approximate surface area is 444 Å². The molecule has 0 spiro atoms. The lowest BCUT2D eigenvalue weighted by Crippen LogP contribution is -2.41. The highest BCUT2D eigenvalue weighted by atomic mass is 16.6. The van der Waals surface area contributed by atoms with Crippen molar-refractivity contribution in [1.82, 2.24) is 10.6 Å². The van der Waals surface area contributed by atoms with Crippen LogP contribution in [0.3, 0.4) is 0 Å². The predicted molar refractivity (Wildman–Crippen MR) is 278 cm³/mol. The van der Waals surface area contributed by atoms with Gasteiger partial charge < -0.3 is 77.3 Å². The zero-order valence-electron chi connectivity index (χ0n) is 45.3. The molecule has 0 saturated heterocycles. The molecule has 0 aliphatic rings. The molecule has 0 aliphatic heterocycles.